The van der Waals surface area contributed by atoms with E-state index in [0.29, 0.717) is 0 Å². The highest BCUT2D eigenvalue weighted by molar-refractivity contribution is 6.09. The molecular formula is C50H42N4O2. The van der Waals surface area contributed by atoms with Crippen molar-refractivity contribution in [2.24, 2.45) is 0 Å². The van der Waals surface area contributed by atoms with Crippen LogP contribution in [0.4, 0.5) is 0 Å². The summed E-state index contributed by atoms with van der Waals surface area (Å²) < 4.78 is 16.6. The Kier molecular flexibility index (Phi) is 9.16. The third kappa shape index (κ3) is 6.19. The number of aromatic nitrogens is 4. The molecule has 56 heavy (non-hydrogen) atoms. The van der Waals surface area contributed by atoms with Gasteiger partial charge in [-0.05, 0) is 84.0 Å². The van der Waals surface area contributed by atoms with Crippen LogP contribution in [-0.2, 0) is 12.8 Å². The first kappa shape index (κ1) is 34.8. The smallest absolute Gasteiger partial charge is 0.141 e. The van der Waals surface area contributed by atoms with Gasteiger partial charge in [0.1, 0.15) is 23.1 Å². The lowest BCUT2D eigenvalue weighted by molar-refractivity contribution is 0.414. The molecule has 9 rings (SSSR count). The maximum atomic E-state index is 6.74. The number of pyridine rings is 1. The third-order valence-electron chi connectivity index (χ3n) is 10.6. The van der Waals surface area contributed by atoms with E-state index in [2.05, 4.69) is 163 Å². The number of para-hydroxylation sites is 1. The number of methoxy groups -OCH3 is 1. The summed E-state index contributed by atoms with van der Waals surface area (Å²) in [6, 6.07) is 52.9. The molecule has 0 unspecified atom stereocenters. The predicted molar refractivity (Wildman–Crippen MR) is 229 cm³/mol. The van der Waals surface area contributed by atoms with Crippen LogP contribution in [0.1, 0.15) is 30.8 Å². The van der Waals surface area contributed by atoms with Crippen LogP contribution in [0.3, 0.4) is 0 Å². The van der Waals surface area contributed by atoms with E-state index in [1.54, 1.807) is 13.3 Å². The Balaban J connectivity index is 1.17. The van der Waals surface area contributed by atoms with Crippen molar-refractivity contribution < 1.29 is 9.47 Å². The number of ether oxygens (including phenoxy) is 2. The Morgan fingerprint density at radius 3 is 1.96 bits per heavy atom. The minimum Gasteiger partial charge on any atom is -0.497 e. The highest BCUT2D eigenvalue weighted by Gasteiger charge is 2.25. The van der Waals surface area contributed by atoms with Crippen LogP contribution >= 0.6 is 0 Å². The maximum absolute atomic E-state index is 6.74. The molecule has 274 valence electrons. The molecule has 0 amide bonds. The molecule has 0 saturated heterocycles. The Labute approximate surface area is 327 Å². The lowest BCUT2D eigenvalue weighted by Gasteiger charge is -2.18. The third-order valence-corrected chi connectivity index (χ3v) is 10.6. The molecule has 3 heterocycles. The van der Waals surface area contributed by atoms with Gasteiger partial charge in [-0.2, -0.15) is 5.10 Å². The number of benzene rings is 6. The van der Waals surface area contributed by atoms with Gasteiger partial charge in [0.25, 0.3) is 0 Å². The van der Waals surface area contributed by atoms with Gasteiger partial charge in [0, 0.05) is 46.3 Å². The van der Waals surface area contributed by atoms with Crippen LogP contribution in [0, 0.1) is 6.92 Å². The van der Waals surface area contributed by atoms with Crippen LogP contribution in [0.2, 0.25) is 0 Å². The lowest BCUT2D eigenvalue weighted by Crippen LogP contribution is -2.03. The maximum Gasteiger partial charge on any atom is 0.141 e. The van der Waals surface area contributed by atoms with E-state index in [4.69, 9.17) is 19.6 Å². The molecule has 9 aromatic rings. The zero-order valence-corrected chi connectivity index (χ0v) is 32.0. The average Bonchev–Trinajstić information content (AvgIpc) is 3.79. The summed E-state index contributed by atoms with van der Waals surface area (Å²) >= 11 is 0. The number of hydrogen-bond acceptors (Lipinski definition) is 4. The SMILES string of the molecule is CCc1nn(-c2cc(C)cc(Oc3ccc4c5ccccc5n(-c5cc(OC)ccn5)c4c3)c2)c(CC)c1-c1c(-c2ccccc2)cccc1-c1ccccc1. The van der Waals surface area contributed by atoms with Crippen molar-refractivity contribution >= 4 is 21.8 Å². The molecule has 6 aromatic carbocycles. The fourth-order valence-electron chi connectivity index (χ4n) is 8.07. The molecule has 0 radical (unpaired) electrons. The van der Waals surface area contributed by atoms with Gasteiger partial charge in [0.2, 0.25) is 0 Å². The van der Waals surface area contributed by atoms with Crippen molar-refractivity contribution in [1.29, 1.82) is 0 Å². The first-order chi connectivity index (χ1) is 27.5. The van der Waals surface area contributed by atoms with Gasteiger partial charge >= 0.3 is 0 Å². The van der Waals surface area contributed by atoms with E-state index in [-0.39, 0.29) is 0 Å². The number of fused-ring (bicyclic) bond motifs is 3. The van der Waals surface area contributed by atoms with Gasteiger partial charge < -0.3 is 9.47 Å². The van der Waals surface area contributed by atoms with Gasteiger partial charge in [-0.25, -0.2) is 9.67 Å². The molecule has 3 aromatic heterocycles. The van der Waals surface area contributed by atoms with E-state index in [1.165, 1.54) is 33.4 Å². The minimum atomic E-state index is 0.733. The molecule has 0 atom stereocenters. The summed E-state index contributed by atoms with van der Waals surface area (Å²) in [4.78, 5) is 4.73. The molecule has 0 spiro atoms. The summed E-state index contributed by atoms with van der Waals surface area (Å²) in [5.41, 5.74) is 13.5. The highest BCUT2D eigenvalue weighted by Crippen LogP contribution is 2.44. The Morgan fingerprint density at radius 1 is 0.571 bits per heavy atom. The summed E-state index contributed by atoms with van der Waals surface area (Å²) in [6.45, 7) is 6.54. The van der Waals surface area contributed by atoms with Gasteiger partial charge in [0.05, 0.1) is 35.2 Å². The monoisotopic (exact) mass is 730 g/mol. The predicted octanol–water partition coefficient (Wildman–Crippen LogP) is 12.6. The molecule has 0 aliphatic heterocycles. The molecule has 6 heteroatoms. The Morgan fingerprint density at radius 2 is 1.27 bits per heavy atom. The number of nitrogens with zero attached hydrogens (tertiary/aromatic N) is 4. The van der Waals surface area contributed by atoms with Crippen molar-refractivity contribution in [2.45, 2.75) is 33.6 Å². The number of hydrogen-bond donors (Lipinski definition) is 0. The van der Waals surface area contributed by atoms with Crippen molar-refractivity contribution in [3.05, 3.63) is 175 Å². The summed E-state index contributed by atoms with van der Waals surface area (Å²) in [6.07, 6.45) is 3.36. The van der Waals surface area contributed by atoms with Crippen LogP contribution < -0.4 is 9.47 Å². The average molecular weight is 731 g/mol. The van der Waals surface area contributed by atoms with E-state index in [1.807, 2.05) is 18.2 Å². The number of rotatable bonds is 10. The van der Waals surface area contributed by atoms with Gasteiger partial charge in [-0.1, -0.05) is 111 Å². The van der Waals surface area contributed by atoms with E-state index in [9.17, 15) is 0 Å². The largest absolute Gasteiger partial charge is 0.497 e. The van der Waals surface area contributed by atoms with E-state index in [0.717, 1.165) is 80.4 Å². The first-order valence-corrected chi connectivity index (χ1v) is 19.2. The first-order valence-electron chi connectivity index (χ1n) is 19.2. The minimum absolute atomic E-state index is 0.733. The van der Waals surface area contributed by atoms with Crippen molar-refractivity contribution in [1.82, 2.24) is 19.3 Å². The quantitative estimate of drug-likeness (QED) is 0.141. The van der Waals surface area contributed by atoms with Gasteiger partial charge in [-0.3, -0.25) is 4.57 Å². The summed E-state index contributed by atoms with van der Waals surface area (Å²) in [5.74, 6) is 3.01. The van der Waals surface area contributed by atoms with E-state index >= 15 is 0 Å². The molecule has 0 aliphatic rings. The standard InChI is InChI=1S/C50H42N4O2/c1-5-44-50(49-40(34-16-9-7-10-17-34)21-15-22-41(49)35-18-11-8-12-19-35)45(6-2)54(52-44)36-28-33(3)29-39(30-36)56-38-24-25-43-42-20-13-14-23-46(42)53(47(43)31-38)48-32-37(55-4)26-27-51-48/h7-32H,5-6H2,1-4H3. The van der Waals surface area contributed by atoms with Crippen LogP contribution in [0.15, 0.2) is 158 Å². The molecular weight excluding hydrogens is 689 g/mol. The fraction of sp³-hybridized carbons (Fsp3) is 0.120. The normalized spacial score (nSPS) is 11.4. The zero-order valence-electron chi connectivity index (χ0n) is 32.0. The van der Waals surface area contributed by atoms with E-state index < -0.39 is 0 Å². The second-order valence-corrected chi connectivity index (χ2v) is 14.0. The molecule has 0 saturated carbocycles. The fourth-order valence-corrected chi connectivity index (χ4v) is 8.07. The molecule has 0 bridgehead atoms. The van der Waals surface area contributed by atoms with Crippen LogP contribution in [0.25, 0.3) is 66.7 Å². The molecule has 0 fully saturated rings. The summed E-state index contributed by atoms with van der Waals surface area (Å²) in [5, 5.41) is 7.64. The van der Waals surface area contributed by atoms with Gasteiger partial charge in [0.15, 0.2) is 0 Å². The van der Waals surface area contributed by atoms with Crippen LogP contribution in [-0.4, -0.2) is 26.4 Å². The van der Waals surface area contributed by atoms with Gasteiger partial charge in [-0.15, -0.1) is 0 Å². The molecule has 6 nitrogen and oxygen atoms in total. The topological polar surface area (TPSA) is 54.1 Å². The molecule has 0 aliphatic carbocycles. The summed E-state index contributed by atoms with van der Waals surface area (Å²) in [7, 11) is 1.68. The Hall–Kier alpha value is -6.92. The van der Waals surface area contributed by atoms with Crippen LogP contribution in [0.5, 0.6) is 17.2 Å². The second kappa shape index (κ2) is 14.7. The highest BCUT2D eigenvalue weighted by atomic mass is 16.5. The second-order valence-electron chi connectivity index (χ2n) is 14.0. The molecule has 0 N–H and O–H groups in total. The number of aryl methyl sites for hydroxylation is 2. The van der Waals surface area contributed by atoms with Crippen molar-refractivity contribution in [2.75, 3.05) is 7.11 Å². The van der Waals surface area contributed by atoms with Crippen molar-refractivity contribution in [3.8, 4) is 62.1 Å². The lowest BCUT2D eigenvalue weighted by atomic mass is 9.86. The zero-order chi connectivity index (χ0) is 38.2. The van der Waals surface area contributed by atoms with Crippen molar-refractivity contribution in [3.63, 3.8) is 0 Å². The Bertz CT molecular complexity index is 2800.